The number of hydrogen-bond acceptors (Lipinski definition) is 7. The molecule has 8 heteroatoms. The standard InChI is InChI=1S/C16H19N5O3/c1-10-6-11(2)20-16(19-10)21-18-8-12-4-5-13(23-3)14(7-12)24-9-15(17)22/h4-8H,9H2,1-3H3,(H2,17,22)(H,19,20,21)/b18-8+. The zero-order valence-corrected chi connectivity index (χ0v) is 13.7. The third kappa shape index (κ3) is 4.94. The Balaban J connectivity index is 2.10. The molecule has 0 aliphatic carbocycles. The van der Waals surface area contributed by atoms with Crippen molar-refractivity contribution in [3.63, 3.8) is 0 Å². The van der Waals surface area contributed by atoms with Crippen LogP contribution in [0.1, 0.15) is 17.0 Å². The number of aromatic nitrogens is 2. The summed E-state index contributed by atoms with van der Waals surface area (Å²) in [4.78, 5) is 19.3. The fraction of sp³-hybridized carbons (Fsp3) is 0.250. The molecule has 0 bridgehead atoms. The summed E-state index contributed by atoms with van der Waals surface area (Å²) < 4.78 is 10.5. The number of methoxy groups -OCH3 is 1. The quantitative estimate of drug-likeness (QED) is 0.587. The fourth-order valence-corrected chi connectivity index (χ4v) is 1.98. The van der Waals surface area contributed by atoms with E-state index in [0.29, 0.717) is 17.4 Å². The summed E-state index contributed by atoms with van der Waals surface area (Å²) in [5, 5.41) is 4.10. The summed E-state index contributed by atoms with van der Waals surface area (Å²) in [6, 6.07) is 7.07. The van der Waals surface area contributed by atoms with Crippen LogP contribution in [0, 0.1) is 13.8 Å². The van der Waals surface area contributed by atoms with E-state index >= 15 is 0 Å². The van der Waals surface area contributed by atoms with Gasteiger partial charge in [0.15, 0.2) is 18.1 Å². The zero-order chi connectivity index (χ0) is 17.5. The number of nitrogens with two attached hydrogens (primary N) is 1. The molecular formula is C16H19N5O3. The van der Waals surface area contributed by atoms with E-state index in [1.165, 1.54) is 7.11 Å². The molecule has 0 radical (unpaired) electrons. The second-order valence-corrected chi connectivity index (χ2v) is 5.01. The van der Waals surface area contributed by atoms with Crippen molar-refractivity contribution < 1.29 is 14.3 Å². The van der Waals surface area contributed by atoms with E-state index < -0.39 is 5.91 Å². The predicted molar refractivity (Wildman–Crippen MR) is 90.4 cm³/mol. The average molecular weight is 329 g/mol. The summed E-state index contributed by atoms with van der Waals surface area (Å²) in [7, 11) is 1.51. The Morgan fingerprint density at radius 3 is 2.58 bits per heavy atom. The van der Waals surface area contributed by atoms with Crippen LogP contribution in [0.15, 0.2) is 29.4 Å². The molecule has 1 amide bonds. The van der Waals surface area contributed by atoms with E-state index in [-0.39, 0.29) is 6.61 Å². The number of benzene rings is 1. The molecule has 0 saturated carbocycles. The van der Waals surface area contributed by atoms with Gasteiger partial charge in [-0.25, -0.2) is 15.4 Å². The Labute approximate surface area is 139 Å². The van der Waals surface area contributed by atoms with Gasteiger partial charge in [0, 0.05) is 11.4 Å². The molecule has 1 aromatic carbocycles. The van der Waals surface area contributed by atoms with Gasteiger partial charge in [-0.1, -0.05) is 0 Å². The van der Waals surface area contributed by atoms with Crippen LogP contribution in [0.5, 0.6) is 11.5 Å². The molecule has 2 aromatic rings. The van der Waals surface area contributed by atoms with Crippen molar-refractivity contribution in [3.05, 3.63) is 41.2 Å². The van der Waals surface area contributed by atoms with Crippen LogP contribution in [0.25, 0.3) is 0 Å². The van der Waals surface area contributed by atoms with Crippen LogP contribution in [-0.2, 0) is 4.79 Å². The lowest BCUT2D eigenvalue weighted by atomic mass is 10.2. The average Bonchev–Trinajstić information content (AvgIpc) is 2.52. The Bertz CT molecular complexity index is 741. The number of ether oxygens (including phenoxy) is 2. The lowest BCUT2D eigenvalue weighted by Gasteiger charge is -2.09. The highest BCUT2D eigenvalue weighted by Crippen LogP contribution is 2.27. The van der Waals surface area contributed by atoms with Crippen molar-refractivity contribution >= 4 is 18.1 Å². The van der Waals surface area contributed by atoms with Gasteiger partial charge < -0.3 is 15.2 Å². The van der Waals surface area contributed by atoms with Gasteiger partial charge >= 0.3 is 0 Å². The van der Waals surface area contributed by atoms with Gasteiger partial charge in [0.25, 0.3) is 5.91 Å². The Hall–Kier alpha value is -3.16. The molecule has 0 spiro atoms. The summed E-state index contributed by atoms with van der Waals surface area (Å²) in [6.07, 6.45) is 1.58. The number of carbonyl (C=O) groups excluding carboxylic acids is 1. The van der Waals surface area contributed by atoms with E-state index in [0.717, 1.165) is 17.0 Å². The molecule has 1 aromatic heterocycles. The third-order valence-corrected chi connectivity index (χ3v) is 2.92. The molecule has 8 nitrogen and oxygen atoms in total. The molecule has 0 saturated heterocycles. The number of rotatable bonds is 7. The van der Waals surface area contributed by atoms with Crippen molar-refractivity contribution in [2.24, 2.45) is 10.8 Å². The van der Waals surface area contributed by atoms with Crippen molar-refractivity contribution in [2.45, 2.75) is 13.8 Å². The van der Waals surface area contributed by atoms with Crippen molar-refractivity contribution in [2.75, 3.05) is 19.1 Å². The molecule has 0 aliphatic rings. The van der Waals surface area contributed by atoms with E-state index in [4.69, 9.17) is 15.2 Å². The minimum atomic E-state index is -0.565. The second kappa shape index (κ2) is 7.91. The molecule has 2 rings (SSSR count). The van der Waals surface area contributed by atoms with Gasteiger partial charge in [0.2, 0.25) is 5.95 Å². The third-order valence-electron chi connectivity index (χ3n) is 2.92. The Kier molecular flexibility index (Phi) is 5.67. The number of nitrogens with zero attached hydrogens (tertiary/aromatic N) is 3. The number of anilines is 1. The first-order valence-electron chi connectivity index (χ1n) is 7.18. The molecule has 24 heavy (non-hydrogen) atoms. The number of primary amides is 1. The number of hydrazone groups is 1. The number of aryl methyl sites for hydroxylation is 2. The van der Waals surface area contributed by atoms with Crippen molar-refractivity contribution in [1.82, 2.24) is 9.97 Å². The summed E-state index contributed by atoms with van der Waals surface area (Å²) >= 11 is 0. The molecule has 0 fully saturated rings. The van der Waals surface area contributed by atoms with E-state index in [9.17, 15) is 4.79 Å². The highest BCUT2D eigenvalue weighted by atomic mass is 16.5. The van der Waals surface area contributed by atoms with E-state index in [2.05, 4.69) is 20.5 Å². The number of carbonyl (C=O) groups is 1. The van der Waals surface area contributed by atoms with Crippen LogP contribution in [0.3, 0.4) is 0 Å². The van der Waals surface area contributed by atoms with Crippen molar-refractivity contribution in [1.29, 1.82) is 0 Å². The van der Waals surface area contributed by atoms with Crippen LogP contribution in [0.4, 0.5) is 5.95 Å². The first-order valence-corrected chi connectivity index (χ1v) is 7.18. The van der Waals surface area contributed by atoms with E-state index in [1.54, 1.807) is 24.4 Å². The molecule has 0 unspecified atom stereocenters. The Morgan fingerprint density at radius 1 is 1.25 bits per heavy atom. The first kappa shape index (κ1) is 17.2. The smallest absolute Gasteiger partial charge is 0.255 e. The predicted octanol–water partition coefficient (Wildman–Crippen LogP) is 1.41. The van der Waals surface area contributed by atoms with Crippen LogP contribution in [0.2, 0.25) is 0 Å². The minimum Gasteiger partial charge on any atom is -0.493 e. The fourth-order valence-electron chi connectivity index (χ4n) is 1.98. The van der Waals surface area contributed by atoms with Gasteiger partial charge in [-0.3, -0.25) is 4.79 Å². The maximum atomic E-state index is 10.8. The summed E-state index contributed by atoms with van der Waals surface area (Å²) in [5.41, 5.74) is 10.3. The van der Waals surface area contributed by atoms with Gasteiger partial charge in [-0.15, -0.1) is 0 Å². The highest BCUT2D eigenvalue weighted by molar-refractivity contribution is 5.81. The largest absolute Gasteiger partial charge is 0.493 e. The molecule has 126 valence electrons. The molecule has 1 heterocycles. The number of nitrogens with one attached hydrogen (secondary N) is 1. The van der Waals surface area contributed by atoms with Gasteiger partial charge in [-0.05, 0) is 43.7 Å². The Morgan fingerprint density at radius 2 is 1.96 bits per heavy atom. The number of amides is 1. The first-order chi connectivity index (χ1) is 11.5. The topological polar surface area (TPSA) is 112 Å². The summed E-state index contributed by atoms with van der Waals surface area (Å²) in [6.45, 7) is 3.54. The lowest BCUT2D eigenvalue weighted by molar-refractivity contribution is -0.119. The second-order valence-electron chi connectivity index (χ2n) is 5.01. The SMILES string of the molecule is COc1ccc(/C=N/Nc2nc(C)cc(C)n2)cc1OCC(N)=O. The highest BCUT2D eigenvalue weighted by Gasteiger charge is 2.06. The molecular weight excluding hydrogens is 310 g/mol. The van der Waals surface area contributed by atoms with Crippen molar-refractivity contribution in [3.8, 4) is 11.5 Å². The minimum absolute atomic E-state index is 0.231. The lowest BCUT2D eigenvalue weighted by Crippen LogP contribution is -2.20. The molecule has 0 aliphatic heterocycles. The van der Waals surface area contributed by atoms with Crippen LogP contribution in [-0.4, -0.2) is 35.8 Å². The number of hydrogen-bond donors (Lipinski definition) is 2. The maximum absolute atomic E-state index is 10.8. The monoisotopic (exact) mass is 329 g/mol. The zero-order valence-electron chi connectivity index (χ0n) is 13.7. The van der Waals surface area contributed by atoms with Crippen LogP contribution < -0.4 is 20.6 Å². The van der Waals surface area contributed by atoms with Gasteiger partial charge in [0.05, 0.1) is 13.3 Å². The normalized spacial score (nSPS) is 10.6. The van der Waals surface area contributed by atoms with E-state index in [1.807, 2.05) is 19.9 Å². The van der Waals surface area contributed by atoms with Crippen LogP contribution >= 0.6 is 0 Å². The molecule has 0 atom stereocenters. The summed E-state index contributed by atoms with van der Waals surface area (Å²) in [5.74, 6) is 0.758. The maximum Gasteiger partial charge on any atom is 0.255 e. The van der Waals surface area contributed by atoms with Gasteiger partial charge in [0.1, 0.15) is 0 Å². The molecule has 3 N–H and O–H groups in total. The van der Waals surface area contributed by atoms with Gasteiger partial charge in [-0.2, -0.15) is 5.10 Å².